The SMILES string of the molecule is CN(C)C[C@@H]1CCC(c2ccc(C(F)(F)F)cc2)CN1c1ccc(C(=O)O)cc1. The van der Waals surface area contributed by atoms with Crippen molar-refractivity contribution in [3.05, 3.63) is 65.2 Å². The molecule has 2 atom stereocenters. The van der Waals surface area contributed by atoms with Crippen LogP contribution >= 0.6 is 0 Å². The predicted molar refractivity (Wildman–Crippen MR) is 107 cm³/mol. The minimum absolute atomic E-state index is 0.120. The molecule has 1 saturated heterocycles. The second-order valence-electron chi connectivity index (χ2n) is 7.81. The fraction of sp³-hybridized carbons (Fsp3) is 0.409. The van der Waals surface area contributed by atoms with Gasteiger partial charge in [-0.2, -0.15) is 13.2 Å². The van der Waals surface area contributed by atoms with Crippen LogP contribution in [0.5, 0.6) is 0 Å². The fourth-order valence-corrected chi connectivity index (χ4v) is 3.97. The lowest BCUT2D eigenvalue weighted by molar-refractivity contribution is -0.137. The highest BCUT2D eigenvalue weighted by atomic mass is 19.4. The molecule has 156 valence electrons. The number of carboxylic acid groups (broad SMARTS) is 1. The van der Waals surface area contributed by atoms with E-state index in [-0.39, 0.29) is 17.5 Å². The Morgan fingerprint density at radius 2 is 1.69 bits per heavy atom. The second kappa shape index (κ2) is 8.45. The maximum atomic E-state index is 12.9. The third kappa shape index (κ3) is 5.09. The zero-order chi connectivity index (χ0) is 21.2. The lowest BCUT2D eigenvalue weighted by Crippen LogP contribution is -2.47. The van der Waals surface area contributed by atoms with Crippen molar-refractivity contribution < 1.29 is 23.1 Å². The molecule has 0 saturated carbocycles. The third-order valence-corrected chi connectivity index (χ3v) is 5.44. The summed E-state index contributed by atoms with van der Waals surface area (Å²) < 4.78 is 38.6. The molecule has 7 heteroatoms. The molecule has 1 unspecified atom stereocenters. The van der Waals surface area contributed by atoms with Crippen LogP contribution in [0.25, 0.3) is 0 Å². The zero-order valence-electron chi connectivity index (χ0n) is 16.5. The summed E-state index contributed by atoms with van der Waals surface area (Å²) in [6.07, 6.45) is -2.53. The van der Waals surface area contributed by atoms with Crippen molar-refractivity contribution in [2.24, 2.45) is 0 Å². The van der Waals surface area contributed by atoms with Crippen LogP contribution in [0.15, 0.2) is 48.5 Å². The lowest BCUT2D eigenvalue weighted by Gasteiger charge is -2.42. The van der Waals surface area contributed by atoms with Gasteiger partial charge in [0.2, 0.25) is 0 Å². The van der Waals surface area contributed by atoms with E-state index in [4.69, 9.17) is 5.11 Å². The Labute approximate surface area is 168 Å². The van der Waals surface area contributed by atoms with Crippen LogP contribution in [0.3, 0.4) is 0 Å². The molecular formula is C22H25F3N2O2. The second-order valence-corrected chi connectivity index (χ2v) is 7.81. The molecule has 1 aliphatic heterocycles. The normalized spacial score (nSPS) is 20.1. The van der Waals surface area contributed by atoms with Gasteiger partial charge in [-0.3, -0.25) is 0 Å². The van der Waals surface area contributed by atoms with Gasteiger partial charge >= 0.3 is 12.1 Å². The van der Waals surface area contributed by atoms with E-state index < -0.39 is 17.7 Å². The van der Waals surface area contributed by atoms with Crippen molar-refractivity contribution in [3.8, 4) is 0 Å². The van der Waals surface area contributed by atoms with Crippen molar-refractivity contribution in [1.82, 2.24) is 4.90 Å². The Kier molecular flexibility index (Phi) is 6.17. The number of halogens is 3. The Hall–Kier alpha value is -2.54. The van der Waals surface area contributed by atoms with E-state index in [1.807, 2.05) is 14.1 Å². The van der Waals surface area contributed by atoms with Crippen LogP contribution in [0.2, 0.25) is 0 Å². The first-order chi connectivity index (χ1) is 13.6. The number of carbonyl (C=O) groups is 1. The minimum Gasteiger partial charge on any atom is -0.478 e. The average molecular weight is 406 g/mol. The monoisotopic (exact) mass is 406 g/mol. The predicted octanol–water partition coefficient (Wildman–Crippen LogP) is 4.72. The van der Waals surface area contributed by atoms with E-state index >= 15 is 0 Å². The third-order valence-electron chi connectivity index (χ3n) is 5.44. The number of rotatable bonds is 5. The number of hydrogen-bond acceptors (Lipinski definition) is 3. The maximum absolute atomic E-state index is 12.9. The molecular weight excluding hydrogens is 381 g/mol. The number of anilines is 1. The number of piperidine rings is 1. The Morgan fingerprint density at radius 1 is 1.07 bits per heavy atom. The van der Waals surface area contributed by atoms with Crippen LogP contribution in [0, 0.1) is 0 Å². The highest BCUT2D eigenvalue weighted by molar-refractivity contribution is 5.88. The van der Waals surface area contributed by atoms with E-state index in [0.717, 1.165) is 42.8 Å². The molecule has 0 aliphatic carbocycles. The van der Waals surface area contributed by atoms with Gasteiger partial charge in [-0.05, 0) is 68.9 Å². The van der Waals surface area contributed by atoms with Crippen LogP contribution in [-0.2, 0) is 6.18 Å². The Balaban J connectivity index is 1.83. The summed E-state index contributed by atoms with van der Waals surface area (Å²) >= 11 is 0. The highest BCUT2D eigenvalue weighted by Crippen LogP contribution is 2.35. The molecule has 2 aromatic carbocycles. The van der Waals surface area contributed by atoms with Crippen molar-refractivity contribution in [2.75, 3.05) is 32.1 Å². The summed E-state index contributed by atoms with van der Waals surface area (Å²) in [5.74, 6) is -0.850. The molecule has 1 fully saturated rings. The molecule has 2 aromatic rings. The van der Waals surface area contributed by atoms with Gasteiger partial charge in [-0.15, -0.1) is 0 Å². The summed E-state index contributed by atoms with van der Waals surface area (Å²) in [6.45, 7) is 1.52. The topological polar surface area (TPSA) is 43.8 Å². The van der Waals surface area contributed by atoms with Gasteiger partial charge in [0, 0.05) is 30.7 Å². The molecule has 4 nitrogen and oxygen atoms in total. The van der Waals surface area contributed by atoms with E-state index in [2.05, 4.69) is 9.80 Å². The number of nitrogens with zero attached hydrogens (tertiary/aromatic N) is 2. The van der Waals surface area contributed by atoms with Gasteiger partial charge < -0.3 is 14.9 Å². The van der Waals surface area contributed by atoms with Crippen LogP contribution in [0.1, 0.15) is 40.2 Å². The summed E-state index contributed by atoms with van der Waals surface area (Å²) in [4.78, 5) is 15.5. The highest BCUT2D eigenvalue weighted by Gasteiger charge is 2.32. The molecule has 3 rings (SSSR count). The van der Waals surface area contributed by atoms with E-state index in [0.29, 0.717) is 6.54 Å². The first kappa shape index (κ1) is 21.2. The van der Waals surface area contributed by atoms with E-state index in [1.54, 1.807) is 36.4 Å². The number of hydrogen-bond donors (Lipinski definition) is 1. The van der Waals surface area contributed by atoms with Crippen molar-refractivity contribution in [1.29, 1.82) is 0 Å². The van der Waals surface area contributed by atoms with Crippen LogP contribution in [-0.4, -0.2) is 49.2 Å². The zero-order valence-corrected chi connectivity index (χ0v) is 16.5. The molecule has 0 spiro atoms. The van der Waals surface area contributed by atoms with Gasteiger partial charge in [0.25, 0.3) is 0 Å². The van der Waals surface area contributed by atoms with Crippen molar-refractivity contribution in [3.63, 3.8) is 0 Å². The molecule has 0 aromatic heterocycles. The first-order valence-corrected chi connectivity index (χ1v) is 9.57. The van der Waals surface area contributed by atoms with Crippen molar-refractivity contribution in [2.45, 2.75) is 31.0 Å². The maximum Gasteiger partial charge on any atom is 0.416 e. The largest absolute Gasteiger partial charge is 0.478 e. The number of likely N-dealkylation sites (N-methyl/N-ethyl adjacent to an activating group) is 1. The minimum atomic E-state index is -4.33. The molecule has 0 amide bonds. The molecule has 1 N–H and O–H groups in total. The summed E-state index contributed by atoms with van der Waals surface area (Å²) in [5.41, 5.74) is 1.42. The summed E-state index contributed by atoms with van der Waals surface area (Å²) in [5, 5.41) is 9.13. The molecule has 29 heavy (non-hydrogen) atoms. The summed E-state index contributed by atoms with van der Waals surface area (Å²) in [6, 6.07) is 12.5. The molecule has 1 aliphatic rings. The standard InChI is InChI=1S/C22H25F3N2O2/c1-26(2)14-20-12-7-17(15-3-8-18(9-4-15)22(23,24)25)13-27(20)19-10-5-16(6-11-19)21(28)29/h3-6,8-11,17,20H,7,12-14H2,1-2H3,(H,28,29)/t17?,20-/m0/s1. The number of aromatic carboxylic acids is 1. The average Bonchev–Trinajstić information content (AvgIpc) is 2.67. The number of carboxylic acids is 1. The summed E-state index contributed by atoms with van der Waals surface area (Å²) in [7, 11) is 4.02. The molecule has 1 heterocycles. The van der Waals surface area contributed by atoms with Gasteiger partial charge in [0.15, 0.2) is 0 Å². The Bertz CT molecular complexity index is 833. The molecule has 0 radical (unpaired) electrons. The van der Waals surface area contributed by atoms with Crippen LogP contribution < -0.4 is 4.90 Å². The lowest BCUT2D eigenvalue weighted by atomic mass is 9.86. The number of benzene rings is 2. The quantitative estimate of drug-likeness (QED) is 0.781. The fourth-order valence-electron chi connectivity index (χ4n) is 3.97. The van der Waals surface area contributed by atoms with Crippen LogP contribution in [0.4, 0.5) is 18.9 Å². The van der Waals surface area contributed by atoms with Gasteiger partial charge in [0.1, 0.15) is 0 Å². The van der Waals surface area contributed by atoms with E-state index in [9.17, 15) is 18.0 Å². The van der Waals surface area contributed by atoms with Gasteiger partial charge in [-0.1, -0.05) is 12.1 Å². The van der Waals surface area contributed by atoms with E-state index in [1.165, 1.54) is 0 Å². The smallest absolute Gasteiger partial charge is 0.416 e. The molecule has 0 bridgehead atoms. The van der Waals surface area contributed by atoms with Gasteiger partial charge in [-0.25, -0.2) is 4.79 Å². The van der Waals surface area contributed by atoms with Crippen molar-refractivity contribution >= 4 is 11.7 Å². The van der Waals surface area contributed by atoms with Gasteiger partial charge in [0.05, 0.1) is 11.1 Å². The first-order valence-electron chi connectivity index (χ1n) is 9.57. The number of alkyl halides is 3. The Morgan fingerprint density at radius 3 is 2.21 bits per heavy atom.